The standard InChI is InChI=1S/C10H18N2O4S/c1-7(2)16-4-3-11-10(15)12-6-17-5-8(12)9(13)14/h7-8H,3-6H2,1-2H3,(H,11,15)(H,13,14). The van der Waals surface area contributed by atoms with E-state index >= 15 is 0 Å². The molecule has 7 heteroatoms. The quantitative estimate of drug-likeness (QED) is 0.709. The van der Waals surface area contributed by atoms with Gasteiger partial charge in [0.15, 0.2) is 0 Å². The summed E-state index contributed by atoms with van der Waals surface area (Å²) in [6, 6.07) is -1.05. The van der Waals surface area contributed by atoms with Gasteiger partial charge in [-0.3, -0.25) is 0 Å². The van der Waals surface area contributed by atoms with Crippen LogP contribution in [0.4, 0.5) is 4.79 Å². The first-order valence-electron chi connectivity index (χ1n) is 5.49. The minimum Gasteiger partial charge on any atom is -0.480 e. The van der Waals surface area contributed by atoms with E-state index in [2.05, 4.69) is 5.32 Å². The van der Waals surface area contributed by atoms with Crippen LogP contribution in [0.3, 0.4) is 0 Å². The van der Waals surface area contributed by atoms with E-state index in [-0.39, 0.29) is 12.1 Å². The van der Waals surface area contributed by atoms with Gasteiger partial charge in [0, 0.05) is 12.3 Å². The topological polar surface area (TPSA) is 78.9 Å². The fourth-order valence-corrected chi connectivity index (χ4v) is 2.55. The highest BCUT2D eigenvalue weighted by molar-refractivity contribution is 7.99. The zero-order valence-electron chi connectivity index (χ0n) is 10.0. The number of carbonyl (C=O) groups excluding carboxylic acids is 1. The van der Waals surface area contributed by atoms with Gasteiger partial charge < -0.3 is 20.1 Å². The van der Waals surface area contributed by atoms with Crippen molar-refractivity contribution < 1.29 is 19.4 Å². The lowest BCUT2D eigenvalue weighted by atomic mass is 10.3. The molecule has 1 fully saturated rings. The van der Waals surface area contributed by atoms with E-state index in [0.29, 0.717) is 24.8 Å². The zero-order valence-corrected chi connectivity index (χ0v) is 10.8. The normalized spacial score (nSPS) is 19.7. The van der Waals surface area contributed by atoms with Crippen molar-refractivity contribution in [2.75, 3.05) is 24.8 Å². The van der Waals surface area contributed by atoms with Crippen molar-refractivity contribution in [1.82, 2.24) is 10.2 Å². The van der Waals surface area contributed by atoms with E-state index in [9.17, 15) is 9.59 Å². The number of carboxylic acids is 1. The molecule has 1 aliphatic rings. The maximum absolute atomic E-state index is 11.7. The van der Waals surface area contributed by atoms with E-state index in [1.165, 1.54) is 16.7 Å². The Kier molecular flexibility index (Phi) is 5.57. The summed E-state index contributed by atoms with van der Waals surface area (Å²) in [4.78, 5) is 23.9. The maximum atomic E-state index is 11.7. The van der Waals surface area contributed by atoms with Crippen molar-refractivity contribution in [3.63, 3.8) is 0 Å². The van der Waals surface area contributed by atoms with Crippen LogP contribution in [0.5, 0.6) is 0 Å². The Morgan fingerprint density at radius 1 is 1.59 bits per heavy atom. The number of hydrogen-bond donors (Lipinski definition) is 2. The molecule has 1 rings (SSSR count). The number of ether oxygens (including phenoxy) is 1. The Hall–Kier alpha value is -0.950. The van der Waals surface area contributed by atoms with E-state index < -0.39 is 12.0 Å². The molecule has 0 spiro atoms. The summed E-state index contributed by atoms with van der Waals surface area (Å²) in [7, 11) is 0. The summed E-state index contributed by atoms with van der Waals surface area (Å²) in [5.74, 6) is -0.0809. The molecule has 1 heterocycles. The van der Waals surface area contributed by atoms with Crippen molar-refractivity contribution in [2.24, 2.45) is 0 Å². The molecule has 98 valence electrons. The first kappa shape index (κ1) is 14.1. The number of rotatable bonds is 5. The molecule has 1 unspecified atom stereocenters. The van der Waals surface area contributed by atoms with E-state index in [4.69, 9.17) is 9.84 Å². The molecule has 0 aliphatic carbocycles. The van der Waals surface area contributed by atoms with Gasteiger partial charge in [-0.15, -0.1) is 11.8 Å². The number of amides is 2. The van der Waals surface area contributed by atoms with Gasteiger partial charge in [-0.25, -0.2) is 9.59 Å². The SMILES string of the molecule is CC(C)OCCNC(=O)N1CSCC1C(=O)O. The fourth-order valence-electron chi connectivity index (χ4n) is 1.40. The Morgan fingerprint density at radius 3 is 2.88 bits per heavy atom. The van der Waals surface area contributed by atoms with Crippen LogP contribution in [0.2, 0.25) is 0 Å². The molecule has 0 aromatic heterocycles. The van der Waals surface area contributed by atoms with Crippen LogP contribution >= 0.6 is 11.8 Å². The highest BCUT2D eigenvalue weighted by atomic mass is 32.2. The molecule has 0 radical (unpaired) electrons. The van der Waals surface area contributed by atoms with Crippen LogP contribution in [-0.4, -0.2) is 58.9 Å². The molecule has 2 N–H and O–H groups in total. The van der Waals surface area contributed by atoms with Gasteiger partial charge in [0.05, 0.1) is 18.6 Å². The molecule has 1 aliphatic heterocycles. The smallest absolute Gasteiger partial charge is 0.327 e. The summed E-state index contributed by atoms with van der Waals surface area (Å²) < 4.78 is 5.27. The van der Waals surface area contributed by atoms with Crippen molar-refractivity contribution >= 4 is 23.8 Å². The Bertz CT molecular complexity index is 285. The molecule has 2 amide bonds. The van der Waals surface area contributed by atoms with Crippen LogP contribution < -0.4 is 5.32 Å². The van der Waals surface area contributed by atoms with E-state index in [0.717, 1.165) is 0 Å². The van der Waals surface area contributed by atoms with Crippen molar-refractivity contribution in [3.05, 3.63) is 0 Å². The summed E-state index contributed by atoms with van der Waals surface area (Å²) in [5, 5.41) is 11.6. The Labute approximate surface area is 105 Å². The highest BCUT2D eigenvalue weighted by Crippen LogP contribution is 2.20. The lowest BCUT2D eigenvalue weighted by Gasteiger charge is -2.21. The van der Waals surface area contributed by atoms with Crippen LogP contribution in [0.15, 0.2) is 0 Å². The van der Waals surface area contributed by atoms with Crippen molar-refractivity contribution in [3.8, 4) is 0 Å². The third-order valence-corrected chi connectivity index (χ3v) is 3.27. The molecule has 0 saturated carbocycles. The highest BCUT2D eigenvalue weighted by Gasteiger charge is 2.34. The molecular weight excluding hydrogens is 244 g/mol. The fraction of sp³-hybridized carbons (Fsp3) is 0.800. The lowest BCUT2D eigenvalue weighted by molar-refractivity contribution is -0.140. The van der Waals surface area contributed by atoms with Crippen LogP contribution in [-0.2, 0) is 9.53 Å². The van der Waals surface area contributed by atoms with Gasteiger partial charge in [0.2, 0.25) is 0 Å². The van der Waals surface area contributed by atoms with Gasteiger partial charge >= 0.3 is 12.0 Å². The summed E-state index contributed by atoms with van der Waals surface area (Å²) >= 11 is 1.44. The number of thioether (sulfide) groups is 1. The number of carboxylic acid groups (broad SMARTS) is 1. The van der Waals surface area contributed by atoms with Gasteiger partial charge in [0.25, 0.3) is 0 Å². The number of aliphatic carboxylic acids is 1. The minimum atomic E-state index is -0.955. The lowest BCUT2D eigenvalue weighted by Crippen LogP contribution is -2.47. The number of urea groups is 1. The molecule has 6 nitrogen and oxygen atoms in total. The van der Waals surface area contributed by atoms with Gasteiger partial charge in [-0.05, 0) is 13.8 Å². The Morgan fingerprint density at radius 2 is 2.29 bits per heavy atom. The second-order valence-corrected chi connectivity index (χ2v) is 4.97. The average molecular weight is 262 g/mol. The number of nitrogens with one attached hydrogen (secondary N) is 1. The summed E-state index contributed by atoms with van der Waals surface area (Å²) in [6.07, 6.45) is 0.126. The van der Waals surface area contributed by atoms with Gasteiger partial charge in [0.1, 0.15) is 6.04 Å². The van der Waals surface area contributed by atoms with Crippen LogP contribution in [0, 0.1) is 0 Å². The third-order valence-electron chi connectivity index (χ3n) is 2.26. The third kappa shape index (κ3) is 4.43. The maximum Gasteiger partial charge on any atom is 0.327 e. The second kappa shape index (κ2) is 6.70. The number of carbonyl (C=O) groups is 2. The van der Waals surface area contributed by atoms with E-state index in [1.807, 2.05) is 13.8 Å². The first-order valence-corrected chi connectivity index (χ1v) is 6.64. The molecule has 0 bridgehead atoms. The predicted octanol–water partition coefficient (Wildman–Crippen LogP) is 0.580. The van der Waals surface area contributed by atoms with Crippen LogP contribution in [0.1, 0.15) is 13.8 Å². The number of nitrogens with zero attached hydrogens (tertiary/aromatic N) is 1. The van der Waals surface area contributed by atoms with Crippen molar-refractivity contribution in [2.45, 2.75) is 26.0 Å². The van der Waals surface area contributed by atoms with Crippen LogP contribution in [0.25, 0.3) is 0 Å². The molecular formula is C10H18N2O4S. The average Bonchev–Trinajstić information content (AvgIpc) is 2.72. The molecule has 1 atom stereocenters. The van der Waals surface area contributed by atoms with Gasteiger partial charge in [-0.2, -0.15) is 0 Å². The summed E-state index contributed by atoms with van der Waals surface area (Å²) in [6.45, 7) is 4.66. The van der Waals surface area contributed by atoms with Gasteiger partial charge in [-0.1, -0.05) is 0 Å². The molecule has 0 aromatic carbocycles. The van der Waals surface area contributed by atoms with Crippen molar-refractivity contribution in [1.29, 1.82) is 0 Å². The molecule has 17 heavy (non-hydrogen) atoms. The minimum absolute atomic E-state index is 0.126. The molecule has 1 saturated heterocycles. The second-order valence-electron chi connectivity index (χ2n) is 3.98. The predicted molar refractivity (Wildman–Crippen MR) is 65.1 cm³/mol. The number of hydrogen-bond acceptors (Lipinski definition) is 4. The van der Waals surface area contributed by atoms with E-state index in [1.54, 1.807) is 0 Å². The largest absolute Gasteiger partial charge is 0.480 e. The Balaban J connectivity index is 2.29. The monoisotopic (exact) mass is 262 g/mol. The first-order chi connectivity index (χ1) is 8.02. The summed E-state index contributed by atoms with van der Waals surface area (Å²) in [5.41, 5.74) is 0. The zero-order chi connectivity index (χ0) is 12.8. The molecule has 0 aromatic rings.